The minimum atomic E-state index is -0.527. The summed E-state index contributed by atoms with van der Waals surface area (Å²) in [6.07, 6.45) is 6.71. The summed E-state index contributed by atoms with van der Waals surface area (Å²) in [4.78, 5) is 12.0. The number of carbonyl (C=O) groups is 1. The van der Waals surface area contributed by atoms with Crippen LogP contribution in [-0.2, 0) is 9.53 Å². The third-order valence-corrected chi connectivity index (χ3v) is 3.69. The van der Waals surface area contributed by atoms with Crippen LogP contribution in [-0.4, -0.2) is 17.5 Å². The maximum absolute atomic E-state index is 12.0. The third-order valence-electron chi connectivity index (χ3n) is 3.69. The lowest BCUT2D eigenvalue weighted by atomic mass is 9.66. The number of ether oxygens (including phenoxy) is 1. The van der Waals surface area contributed by atoms with Crippen molar-refractivity contribution in [1.29, 1.82) is 0 Å². The minimum absolute atomic E-state index is 0.0520. The maximum atomic E-state index is 12.0. The lowest BCUT2D eigenvalue weighted by Crippen LogP contribution is -2.52. The van der Waals surface area contributed by atoms with Crippen LogP contribution in [0, 0.1) is 5.41 Å². The fourth-order valence-corrected chi connectivity index (χ4v) is 2.64. The van der Waals surface area contributed by atoms with Gasteiger partial charge < -0.3 is 4.74 Å². The van der Waals surface area contributed by atoms with E-state index in [-0.39, 0.29) is 17.3 Å². The summed E-state index contributed by atoms with van der Waals surface area (Å²) < 4.78 is 5.92. The highest BCUT2D eigenvalue weighted by molar-refractivity contribution is 5.99. The van der Waals surface area contributed by atoms with Crippen molar-refractivity contribution in [2.75, 3.05) is 0 Å². The molecule has 0 bridgehead atoms. The van der Waals surface area contributed by atoms with Gasteiger partial charge in [-0.25, -0.2) is 0 Å². The molecule has 0 unspecified atom stereocenters. The summed E-state index contributed by atoms with van der Waals surface area (Å²) in [5, 5.41) is 0. The molecule has 2 aliphatic rings. The molecule has 0 amide bonds. The van der Waals surface area contributed by atoms with E-state index in [2.05, 4.69) is 20.8 Å². The minimum Gasteiger partial charge on any atom is -0.363 e. The summed E-state index contributed by atoms with van der Waals surface area (Å²) >= 11 is 0. The highest BCUT2D eigenvalue weighted by Gasteiger charge is 2.55. The molecular formula is C12H18O2. The van der Waals surface area contributed by atoms with Gasteiger partial charge in [-0.15, -0.1) is 0 Å². The van der Waals surface area contributed by atoms with Crippen molar-refractivity contribution in [1.82, 2.24) is 0 Å². The number of ketones is 1. The van der Waals surface area contributed by atoms with E-state index in [1.165, 1.54) is 0 Å². The molecule has 1 saturated heterocycles. The molecule has 1 heterocycles. The molecule has 2 heteroatoms. The van der Waals surface area contributed by atoms with Gasteiger partial charge in [-0.1, -0.05) is 19.9 Å². The SMILES string of the molecule is C[C@H]1CC[C@]2(O1)C(=O)C=CCC2(C)C. The maximum Gasteiger partial charge on any atom is 0.187 e. The summed E-state index contributed by atoms with van der Waals surface area (Å²) in [5.41, 5.74) is -0.579. The first-order chi connectivity index (χ1) is 6.48. The molecule has 78 valence electrons. The van der Waals surface area contributed by atoms with Crippen molar-refractivity contribution in [3.05, 3.63) is 12.2 Å². The fourth-order valence-electron chi connectivity index (χ4n) is 2.64. The highest BCUT2D eigenvalue weighted by atomic mass is 16.5. The Hall–Kier alpha value is -0.630. The van der Waals surface area contributed by atoms with Gasteiger partial charge in [0.1, 0.15) is 5.60 Å². The van der Waals surface area contributed by atoms with Crippen molar-refractivity contribution in [3.63, 3.8) is 0 Å². The smallest absolute Gasteiger partial charge is 0.187 e. The van der Waals surface area contributed by atoms with E-state index in [1.807, 2.05) is 6.08 Å². The van der Waals surface area contributed by atoms with E-state index in [9.17, 15) is 4.79 Å². The molecule has 0 saturated carbocycles. The van der Waals surface area contributed by atoms with Crippen molar-refractivity contribution in [3.8, 4) is 0 Å². The topological polar surface area (TPSA) is 26.3 Å². The number of hydrogen-bond acceptors (Lipinski definition) is 2. The Morgan fingerprint density at radius 2 is 2.21 bits per heavy atom. The molecule has 2 atom stereocenters. The van der Waals surface area contributed by atoms with Gasteiger partial charge in [0, 0.05) is 5.41 Å². The predicted molar refractivity (Wildman–Crippen MR) is 55.1 cm³/mol. The van der Waals surface area contributed by atoms with Crippen LogP contribution in [0.4, 0.5) is 0 Å². The van der Waals surface area contributed by atoms with E-state index in [1.54, 1.807) is 6.08 Å². The van der Waals surface area contributed by atoms with E-state index in [4.69, 9.17) is 4.74 Å². The van der Waals surface area contributed by atoms with E-state index in [0.29, 0.717) is 0 Å². The average molecular weight is 194 g/mol. The molecule has 0 radical (unpaired) electrons. The van der Waals surface area contributed by atoms with Crippen molar-refractivity contribution >= 4 is 5.78 Å². The van der Waals surface area contributed by atoms with Gasteiger partial charge in [-0.2, -0.15) is 0 Å². The largest absolute Gasteiger partial charge is 0.363 e. The molecule has 0 aromatic rings. The number of hydrogen-bond donors (Lipinski definition) is 0. The Morgan fingerprint density at radius 3 is 2.71 bits per heavy atom. The van der Waals surface area contributed by atoms with Gasteiger partial charge in [-0.3, -0.25) is 4.79 Å². The second-order valence-electron chi connectivity index (χ2n) is 5.15. The van der Waals surface area contributed by atoms with E-state index < -0.39 is 5.60 Å². The molecule has 0 N–H and O–H groups in total. The highest BCUT2D eigenvalue weighted by Crippen LogP contribution is 2.49. The van der Waals surface area contributed by atoms with Crippen LogP contribution < -0.4 is 0 Å². The second kappa shape index (κ2) is 2.93. The molecule has 2 rings (SSSR count). The fraction of sp³-hybridized carbons (Fsp3) is 0.750. The molecule has 1 spiro atoms. The monoisotopic (exact) mass is 194 g/mol. The number of carbonyl (C=O) groups excluding carboxylic acids is 1. The summed E-state index contributed by atoms with van der Waals surface area (Å²) in [6, 6.07) is 0. The van der Waals surface area contributed by atoms with Crippen molar-refractivity contribution in [2.24, 2.45) is 5.41 Å². The van der Waals surface area contributed by atoms with Gasteiger partial charge in [0.2, 0.25) is 0 Å². The molecule has 1 aliphatic carbocycles. The van der Waals surface area contributed by atoms with Crippen molar-refractivity contribution in [2.45, 2.75) is 51.7 Å². The molecular weight excluding hydrogens is 176 g/mol. The standard InChI is InChI=1S/C12H18O2/c1-9-6-8-12(14-9)10(13)5-4-7-11(12,2)3/h4-5,9H,6-8H2,1-3H3/t9-,12-/m0/s1. The number of rotatable bonds is 0. The van der Waals surface area contributed by atoms with Crippen LogP contribution in [0.3, 0.4) is 0 Å². The lowest BCUT2D eigenvalue weighted by molar-refractivity contribution is -0.156. The summed E-state index contributed by atoms with van der Waals surface area (Å²) in [7, 11) is 0. The zero-order chi connectivity index (χ0) is 10.4. The Morgan fingerprint density at radius 1 is 1.50 bits per heavy atom. The molecule has 14 heavy (non-hydrogen) atoms. The zero-order valence-electron chi connectivity index (χ0n) is 9.17. The molecule has 1 aliphatic heterocycles. The first-order valence-corrected chi connectivity index (χ1v) is 5.37. The summed E-state index contributed by atoms with van der Waals surface area (Å²) in [5.74, 6) is 0.165. The van der Waals surface area contributed by atoms with Gasteiger partial charge in [0.15, 0.2) is 5.78 Å². The lowest BCUT2D eigenvalue weighted by Gasteiger charge is -2.43. The summed E-state index contributed by atoms with van der Waals surface area (Å²) in [6.45, 7) is 6.31. The number of allylic oxidation sites excluding steroid dienone is 1. The first-order valence-electron chi connectivity index (χ1n) is 5.37. The van der Waals surface area contributed by atoms with Gasteiger partial charge in [-0.05, 0) is 32.3 Å². The molecule has 0 aromatic heterocycles. The van der Waals surface area contributed by atoms with Crippen LogP contribution in [0.2, 0.25) is 0 Å². The van der Waals surface area contributed by atoms with Crippen LogP contribution in [0.5, 0.6) is 0 Å². The molecule has 1 fully saturated rings. The van der Waals surface area contributed by atoms with Gasteiger partial charge in [0.05, 0.1) is 6.10 Å². The van der Waals surface area contributed by atoms with Crippen LogP contribution in [0.15, 0.2) is 12.2 Å². The first kappa shape index (κ1) is 9.91. The van der Waals surface area contributed by atoms with Gasteiger partial charge in [0.25, 0.3) is 0 Å². The Kier molecular flexibility index (Phi) is 2.07. The second-order valence-corrected chi connectivity index (χ2v) is 5.15. The van der Waals surface area contributed by atoms with Gasteiger partial charge >= 0.3 is 0 Å². The molecule has 0 aromatic carbocycles. The quantitative estimate of drug-likeness (QED) is 0.592. The Labute approximate surface area is 85.3 Å². The van der Waals surface area contributed by atoms with Crippen LogP contribution >= 0.6 is 0 Å². The average Bonchev–Trinajstić information content (AvgIpc) is 2.46. The van der Waals surface area contributed by atoms with Crippen LogP contribution in [0.25, 0.3) is 0 Å². The van der Waals surface area contributed by atoms with E-state index in [0.717, 1.165) is 19.3 Å². The normalized spacial score (nSPS) is 40.8. The molecule has 2 nitrogen and oxygen atoms in total. The Balaban J connectivity index is 2.39. The Bertz CT molecular complexity index is 291. The van der Waals surface area contributed by atoms with E-state index >= 15 is 0 Å². The zero-order valence-corrected chi connectivity index (χ0v) is 9.17. The predicted octanol–water partition coefficient (Wildman–Crippen LogP) is 2.48. The third kappa shape index (κ3) is 1.17. The van der Waals surface area contributed by atoms with Crippen molar-refractivity contribution < 1.29 is 9.53 Å². The van der Waals surface area contributed by atoms with Crippen LogP contribution in [0.1, 0.15) is 40.0 Å².